The second-order valence-corrected chi connectivity index (χ2v) is 6.19. The van der Waals surface area contributed by atoms with Gasteiger partial charge in [0.25, 0.3) is 10.0 Å². The van der Waals surface area contributed by atoms with Gasteiger partial charge in [-0.05, 0) is 36.2 Å². The van der Waals surface area contributed by atoms with Crippen LogP contribution in [0, 0.1) is 6.92 Å². The molecule has 0 aliphatic rings. The fourth-order valence-electron chi connectivity index (χ4n) is 1.74. The van der Waals surface area contributed by atoms with Gasteiger partial charge in [-0.25, -0.2) is 8.42 Å². The zero-order valence-corrected chi connectivity index (χ0v) is 12.1. The zero-order valence-electron chi connectivity index (χ0n) is 11.3. The van der Waals surface area contributed by atoms with Crippen LogP contribution in [0.25, 0.3) is 0 Å². The molecule has 0 aliphatic heterocycles. The van der Waals surface area contributed by atoms with Crippen molar-refractivity contribution in [2.45, 2.75) is 18.2 Å². The van der Waals surface area contributed by atoms with Gasteiger partial charge in [-0.15, -0.1) is 0 Å². The SMILES string of the molecule is Cc1ccncc1NS(=O)(=O)c1ccc(CC(=O)O)cc1. The highest BCUT2D eigenvalue weighted by Crippen LogP contribution is 2.18. The lowest BCUT2D eigenvalue weighted by atomic mass is 10.2. The first kappa shape index (κ1) is 15.0. The monoisotopic (exact) mass is 306 g/mol. The Labute approximate surface area is 122 Å². The summed E-state index contributed by atoms with van der Waals surface area (Å²) in [6.07, 6.45) is 2.87. The lowest BCUT2D eigenvalue weighted by molar-refractivity contribution is -0.136. The maximum absolute atomic E-state index is 12.2. The van der Waals surface area contributed by atoms with Gasteiger partial charge in [0, 0.05) is 6.20 Å². The summed E-state index contributed by atoms with van der Waals surface area (Å²) in [5.74, 6) is -0.963. The Balaban J connectivity index is 2.24. The number of sulfonamides is 1. The van der Waals surface area contributed by atoms with Gasteiger partial charge in [0.05, 0.1) is 23.2 Å². The first-order valence-electron chi connectivity index (χ1n) is 6.12. The standard InChI is InChI=1S/C14H14N2O4S/c1-10-6-7-15-9-13(10)16-21(19,20)12-4-2-11(3-5-12)8-14(17)18/h2-7,9,16H,8H2,1H3,(H,17,18). The summed E-state index contributed by atoms with van der Waals surface area (Å²) >= 11 is 0. The van der Waals surface area contributed by atoms with E-state index in [0.29, 0.717) is 11.3 Å². The minimum Gasteiger partial charge on any atom is -0.481 e. The molecule has 0 atom stereocenters. The summed E-state index contributed by atoms with van der Waals surface area (Å²) in [6, 6.07) is 7.43. The van der Waals surface area contributed by atoms with E-state index in [2.05, 4.69) is 9.71 Å². The highest BCUT2D eigenvalue weighted by molar-refractivity contribution is 7.92. The van der Waals surface area contributed by atoms with Crippen molar-refractivity contribution in [3.63, 3.8) is 0 Å². The third-order valence-corrected chi connectivity index (χ3v) is 4.25. The number of pyridine rings is 1. The molecular weight excluding hydrogens is 292 g/mol. The third-order valence-electron chi connectivity index (χ3n) is 2.87. The quantitative estimate of drug-likeness (QED) is 0.878. The van der Waals surface area contributed by atoms with Crippen LogP contribution in [-0.2, 0) is 21.2 Å². The van der Waals surface area contributed by atoms with E-state index in [4.69, 9.17) is 5.11 Å². The zero-order chi connectivity index (χ0) is 15.5. The lowest BCUT2D eigenvalue weighted by Crippen LogP contribution is -2.14. The molecule has 1 aromatic heterocycles. The number of aryl methyl sites for hydroxylation is 1. The smallest absolute Gasteiger partial charge is 0.307 e. The molecule has 7 heteroatoms. The Hall–Kier alpha value is -2.41. The van der Waals surface area contributed by atoms with E-state index in [1.807, 2.05) is 0 Å². The van der Waals surface area contributed by atoms with E-state index in [-0.39, 0.29) is 11.3 Å². The summed E-state index contributed by atoms with van der Waals surface area (Å²) in [5.41, 5.74) is 1.71. The van der Waals surface area contributed by atoms with Crippen LogP contribution in [0.3, 0.4) is 0 Å². The van der Waals surface area contributed by atoms with Crippen molar-refractivity contribution in [1.29, 1.82) is 0 Å². The van der Waals surface area contributed by atoms with Crippen molar-refractivity contribution in [2.75, 3.05) is 4.72 Å². The van der Waals surface area contributed by atoms with Crippen molar-refractivity contribution in [3.8, 4) is 0 Å². The number of carboxylic acid groups (broad SMARTS) is 1. The van der Waals surface area contributed by atoms with E-state index < -0.39 is 16.0 Å². The molecule has 2 rings (SSSR count). The fraction of sp³-hybridized carbons (Fsp3) is 0.143. The number of aromatic nitrogens is 1. The number of hydrogen-bond acceptors (Lipinski definition) is 4. The molecule has 6 nitrogen and oxygen atoms in total. The highest BCUT2D eigenvalue weighted by atomic mass is 32.2. The minimum atomic E-state index is -3.72. The number of aliphatic carboxylic acids is 1. The van der Waals surface area contributed by atoms with Crippen LogP contribution in [-0.4, -0.2) is 24.5 Å². The Morgan fingerprint density at radius 1 is 1.24 bits per heavy atom. The van der Waals surface area contributed by atoms with Crippen molar-refractivity contribution < 1.29 is 18.3 Å². The average Bonchev–Trinajstić information content (AvgIpc) is 2.41. The van der Waals surface area contributed by atoms with Crippen LogP contribution in [0.15, 0.2) is 47.6 Å². The summed E-state index contributed by atoms with van der Waals surface area (Å²) in [7, 11) is -3.72. The molecule has 0 saturated carbocycles. The van der Waals surface area contributed by atoms with Gasteiger partial charge in [-0.3, -0.25) is 14.5 Å². The average molecular weight is 306 g/mol. The summed E-state index contributed by atoms with van der Waals surface area (Å²) in [4.78, 5) is 14.5. The van der Waals surface area contributed by atoms with E-state index in [1.165, 1.54) is 30.5 Å². The van der Waals surface area contributed by atoms with Crippen LogP contribution in [0.2, 0.25) is 0 Å². The number of benzene rings is 1. The molecule has 0 saturated heterocycles. The van der Waals surface area contributed by atoms with Gasteiger partial charge in [0.15, 0.2) is 0 Å². The second-order valence-electron chi connectivity index (χ2n) is 4.51. The number of rotatable bonds is 5. The van der Waals surface area contributed by atoms with Gasteiger partial charge in [-0.2, -0.15) is 0 Å². The summed E-state index contributed by atoms with van der Waals surface area (Å²) in [5, 5.41) is 8.68. The van der Waals surface area contributed by atoms with Gasteiger partial charge in [-0.1, -0.05) is 12.1 Å². The Morgan fingerprint density at radius 3 is 2.48 bits per heavy atom. The van der Waals surface area contributed by atoms with Crippen molar-refractivity contribution in [3.05, 3.63) is 53.9 Å². The molecule has 0 unspecified atom stereocenters. The molecule has 1 aromatic carbocycles. The number of nitrogens with zero attached hydrogens (tertiary/aromatic N) is 1. The number of hydrogen-bond donors (Lipinski definition) is 2. The van der Waals surface area contributed by atoms with Gasteiger partial charge in [0.1, 0.15) is 0 Å². The normalized spacial score (nSPS) is 11.1. The first-order chi connectivity index (χ1) is 9.88. The summed E-state index contributed by atoms with van der Waals surface area (Å²) in [6.45, 7) is 1.77. The molecule has 0 amide bonds. The molecule has 0 aliphatic carbocycles. The predicted molar refractivity (Wildman–Crippen MR) is 77.6 cm³/mol. The van der Waals surface area contributed by atoms with Crippen LogP contribution in [0.5, 0.6) is 0 Å². The van der Waals surface area contributed by atoms with Gasteiger partial charge in [0.2, 0.25) is 0 Å². The van der Waals surface area contributed by atoms with Crippen molar-refractivity contribution >= 4 is 21.7 Å². The Morgan fingerprint density at radius 2 is 1.90 bits per heavy atom. The van der Waals surface area contributed by atoms with Crippen LogP contribution >= 0.6 is 0 Å². The molecule has 2 N–H and O–H groups in total. The van der Waals surface area contributed by atoms with Crippen molar-refractivity contribution in [1.82, 2.24) is 4.98 Å². The number of carbonyl (C=O) groups is 1. The minimum absolute atomic E-state index is 0.0693. The van der Waals surface area contributed by atoms with E-state index in [1.54, 1.807) is 19.2 Å². The summed E-state index contributed by atoms with van der Waals surface area (Å²) < 4.78 is 26.9. The third kappa shape index (κ3) is 3.79. The van der Waals surface area contributed by atoms with E-state index >= 15 is 0 Å². The molecule has 0 spiro atoms. The molecular formula is C14H14N2O4S. The van der Waals surface area contributed by atoms with Gasteiger partial charge >= 0.3 is 5.97 Å². The second kappa shape index (κ2) is 5.92. The fourth-order valence-corrected chi connectivity index (χ4v) is 2.85. The number of nitrogens with one attached hydrogen (secondary N) is 1. The highest BCUT2D eigenvalue weighted by Gasteiger charge is 2.15. The Bertz CT molecular complexity index is 755. The van der Waals surface area contributed by atoms with E-state index in [9.17, 15) is 13.2 Å². The van der Waals surface area contributed by atoms with E-state index in [0.717, 1.165) is 5.56 Å². The lowest BCUT2D eigenvalue weighted by Gasteiger charge is -2.10. The maximum Gasteiger partial charge on any atom is 0.307 e. The molecule has 21 heavy (non-hydrogen) atoms. The predicted octanol–water partition coefficient (Wildman–Crippen LogP) is 1.82. The first-order valence-corrected chi connectivity index (χ1v) is 7.61. The largest absolute Gasteiger partial charge is 0.481 e. The number of anilines is 1. The molecule has 110 valence electrons. The molecule has 0 radical (unpaired) electrons. The molecule has 1 heterocycles. The van der Waals surface area contributed by atoms with Gasteiger partial charge < -0.3 is 5.11 Å². The molecule has 2 aromatic rings. The van der Waals surface area contributed by atoms with Crippen molar-refractivity contribution in [2.24, 2.45) is 0 Å². The topological polar surface area (TPSA) is 96.4 Å². The van der Waals surface area contributed by atoms with Crippen LogP contribution in [0.1, 0.15) is 11.1 Å². The van der Waals surface area contributed by atoms with Crippen LogP contribution in [0.4, 0.5) is 5.69 Å². The molecule has 0 fully saturated rings. The van der Waals surface area contributed by atoms with Crippen LogP contribution < -0.4 is 4.72 Å². The Kier molecular flexibility index (Phi) is 4.23. The maximum atomic E-state index is 12.2. The molecule has 0 bridgehead atoms. The number of carboxylic acids is 1.